The molecule has 0 aromatic heterocycles. The highest BCUT2D eigenvalue weighted by atomic mass is 79.9. The van der Waals surface area contributed by atoms with Gasteiger partial charge in [-0.15, -0.1) is 0 Å². The number of sulfonamides is 1. The predicted octanol–water partition coefficient (Wildman–Crippen LogP) is 2.99. The van der Waals surface area contributed by atoms with Gasteiger partial charge in [-0.2, -0.15) is 4.31 Å². The van der Waals surface area contributed by atoms with E-state index in [9.17, 15) is 8.42 Å². The molecule has 21 heavy (non-hydrogen) atoms. The Morgan fingerprint density at radius 2 is 1.71 bits per heavy atom. The monoisotopic (exact) mass is 376 g/mol. The highest BCUT2D eigenvalue weighted by Gasteiger charge is 2.28. The fourth-order valence-corrected chi connectivity index (χ4v) is 4.52. The lowest BCUT2D eigenvalue weighted by Crippen LogP contribution is -2.34. The van der Waals surface area contributed by atoms with Crippen molar-refractivity contribution in [1.82, 2.24) is 4.31 Å². The number of nitrogen functional groups attached to an aromatic ring is 1. The molecule has 5 nitrogen and oxygen atoms in total. The van der Waals surface area contributed by atoms with Crippen molar-refractivity contribution < 1.29 is 13.2 Å². The molecule has 118 valence electrons. The lowest BCUT2D eigenvalue weighted by molar-refractivity contribution is 0.358. The van der Waals surface area contributed by atoms with Crippen LogP contribution in [0, 0.1) is 0 Å². The maximum atomic E-state index is 12.9. The Kier molecular flexibility index (Phi) is 5.51. The number of rotatable bonds is 3. The molecule has 1 aliphatic heterocycles. The molecular weight excluding hydrogens is 356 g/mol. The summed E-state index contributed by atoms with van der Waals surface area (Å²) in [5.41, 5.74) is 6.23. The van der Waals surface area contributed by atoms with Gasteiger partial charge in [0.25, 0.3) is 0 Å². The van der Waals surface area contributed by atoms with E-state index >= 15 is 0 Å². The second-order valence-corrected chi connectivity index (χ2v) is 7.96. The lowest BCUT2D eigenvalue weighted by atomic mass is 10.1. The number of hydrogen-bond donors (Lipinski definition) is 1. The summed E-state index contributed by atoms with van der Waals surface area (Å²) >= 11 is 3.29. The SMILES string of the molecule is COc1cc(Br)c(N)cc1S(=O)(=O)N1CCCCCCC1. The van der Waals surface area contributed by atoms with Gasteiger partial charge in [0.05, 0.1) is 7.11 Å². The third-order valence-electron chi connectivity index (χ3n) is 3.72. The predicted molar refractivity (Wildman–Crippen MR) is 87.0 cm³/mol. The first kappa shape index (κ1) is 16.6. The van der Waals surface area contributed by atoms with Crippen LogP contribution in [0.2, 0.25) is 0 Å². The Balaban J connectivity index is 2.40. The molecule has 0 saturated carbocycles. The Morgan fingerprint density at radius 1 is 1.14 bits per heavy atom. The third kappa shape index (κ3) is 3.70. The Labute approximate surface area is 134 Å². The molecule has 2 N–H and O–H groups in total. The number of benzene rings is 1. The minimum absolute atomic E-state index is 0.145. The summed E-state index contributed by atoms with van der Waals surface area (Å²) in [6, 6.07) is 3.07. The highest BCUT2D eigenvalue weighted by molar-refractivity contribution is 9.10. The molecule has 0 radical (unpaired) electrons. The normalized spacial score (nSPS) is 18.0. The van der Waals surface area contributed by atoms with Gasteiger partial charge in [-0.05, 0) is 40.9 Å². The van der Waals surface area contributed by atoms with Crippen molar-refractivity contribution in [2.75, 3.05) is 25.9 Å². The molecule has 1 fully saturated rings. The van der Waals surface area contributed by atoms with E-state index in [1.165, 1.54) is 19.6 Å². The van der Waals surface area contributed by atoms with E-state index in [0.29, 0.717) is 29.0 Å². The summed E-state index contributed by atoms with van der Waals surface area (Å²) in [5, 5.41) is 0. The summed E-state index contributed by atoms with van der Waals surface area (Å²) in [6.45, 7) is 1.11. The van der Waals surface area contributed by atoms with Crippen LogP contribution in [0.4, 0.5) is 5.69 Å². The second kappa shape index (κ2) is 6.98. The van der Waals surface area contributed by atoms with Crippen molar-refractivity contribution in [2.24, 2.45) is 0 Å². The van der Waals surface area contributed by atoms with E-state index in [1.807, 2.05) is 0 Å². The average Bonchev–Trinajstić information content (AvgIpc) is 2.40. The molecule has 0 atom stereocenters. The van der Waals surface area contributed by atoms with Gasteiger partial charge >= 0.3 is 0 Å². The van der Waals surface area contributed by atoms with Crippen LogP contribution in [0.3, 0.4) is 0 Å². The van der Waals surface area contributed by atoms with Crippen LogP contribution in [0.5, 0.6) is 5.75 Å². The molecule has 1 aliphatic rings. The zero-order valence-corrected chi connectivity index (χ0v) is 14.5. The smallest absolute Gasteiger partial charge is 0.246 e. The molecule has 0 bridgehead atoms. The van der Waals surface area contributed by atoms with Gasteiger partial charge in [0.15, 0.2) is 0 Å². The number of halogens is 1. The van der Waals surface area contributed by atoms with Crippen LogP contribution < -0.4 is 10.5 Å². The number of nitrogens with zero attached hydrogens (tertiary/aromatic N) is 1. The highest BCUT2D eigenvalue weighted by Crippen LogP contribution is 2.34. The molecule has 7 heteroatoms. The lowest BCUT2D eigenvalue weighted by Gasteiger charge is -2.25. The summed E-state index contributed by atoms with van der Waals surface area (Å²) in [5.74, 6) is 0.318. The van der Waals surface area contributed by atoms with Crippen LogP contribution in [-0.2, 0) is 10.0 Å². The number of hydrogen-bond acceptors (Lipinski definition) is 4. The number of methoxy groups -OCH3 is 1. The summed E-state index contributed by atoms with van der Waals surface area (Å²) < 4.78 is 33.1. The van der Waals surface area contributed by atoms with Gasteiger partial charge in [-0.1, -0.05) is 19.3 Å². The maximum Gasteiger partial charge on any atom is 0.246 e. The molecular formula is C14H21BrN2O3S. The number of nitrogens with two attached hydrogens (primary N) is 1. The zero-order valence-electron chi connectivity index (χ0n) is 12.1. The summed E-state index contributed by atoms with van der Waals surface area (Å²) in [7, 11) is -2.11. The fourth-order valence-electron chi connectivity index (χ4n) is 2.51. The molecule has 1 saturated heterocycles. The van der Waals surface area contributed by atoms with E-state index in [1.54, 1.807) is 10.4 Å². The van der Waals surface area contributed by atoms with Crippen LogP contribution >= 0.6 is 15.9 Å². The molecule has 1 heterocycles. The topological polar surface area (TPSA) is 72.6 Å². The van der Waals surface area contributed by atoms with Crippen molar-refractivity contribution in [2.45, 2.75) is 37.0 Å². The van der Waals surface area contributed by atoms with Crippen molar-refractivity contribution in [3.63, 3.8) is 0 Å². The van der Waals surface area contributed by atoms with Crippen molar-refractivity contribution in [1.29, 1.82) is 0 Å². The first-order chi connectivity index (χ1) is 9.96. The van der Waals surface area contributed by atoms with Crippen LogP contribution in [0.15, 0.2) is 21.5 Å². The van der Waals surface area contributed by atoms with Gasteiger partial charge in [-0.25, -0.2) is 8.42 Å². The Bertz CT molecular complexity index is 596. The van der Waals surface area contributed by atoms with Crippen LogP contribution in [0.25, 0.3) is 0 Å². The van der Waals surface area contributed by atoms with Crippen molar-refractivity contribution in [3.05, 3.63) is 16.6 Å². The van der Waals surface area contributed by atoms with Crippen molar-refractivity contribution in [3.8, 4) is 5.75 Å². The Hall–Kier alpha value is -0.790. The second-order valence-electron chi connectivity index (χ2n) is 5.20. The molecule has 0 spiro atoms. The van der Waals surface area contributed by atoms with Crippen LogP contribution in [-0.4, -0.2) is 32.9 Å². The van der Waals surface area contributed by atoms with Gasteiger partial charge < -0.3 is 10.5 Å². The molecule has 0 aliphatic carbocycles. The van der Waals surface area contributed by atoms with E-state index in [0.717, 1.165) is 25.7 Å². The fraction of sp³-hybridized carbons (Fsp3) is 0.571. The van der Waals surface area contributed by atoms with Gasteiger partial charge in [0, 0.05) is 23.2 Å². The first-order valence-corrected chi connectivity index (χ1v) is 9.33. The molecule has 0 unspecified atom stereocenters. The van der Waals surface area contributed by atoms with E-state index in [4.69, 9.17) is 10.5 Å². The summed E-state index contributed by atoms with van der Waals surface area (Å²) in [4.78, 5) is 0.145. The maximum absolute atomic E-state index is 12.9. The molecule has 2 rings (SSSR count). The first-order valence-electron chi connectivity index (χ1n) is 7.10. The van der Waals surface area contributed by atoms with Gasteiger partial charge in [-0.3, -0.25) is 0 Å². The number of ether oxygens (including phenoxy) is 1. The Morgan fingerprint density at radius 3 is 2.29 bits per heavy atom. The van der Waals surface area contributed by atoms with E-state index in [2.05, 4.69) is 15.9 Å². The summed E-state index contributed by atoms with van der Waals surface area (Å²) in [6.07, 6.45) is 5.13. The molecule has 1 aromatic carbocycles. The standard InChI is InChI=1S/C14H21BrN2O3S/c1-20-13-9-11(15)12(16)10-14(13)21(18,19)17-7-5-3-2-4-6-8-17/h9-10H,2-8,16H2,1H3. The molecule has 0 amide bonds. The average molecular weight is 377 g/mol. The van der Waals surface area contributed by atoms with Gasteiger partial charge in [0.2, 0.25) is 10.0 Å². The van der Waals surface area contributed by atoms with Gasteiger partial charge in [0.1, 0.15) is 10.6 Å². The van der Waals surface area contributed by atoms with Crippen molar-refractivity contribution >= 4 is 31.6 Å². The number of anilines is 1. The quantitative estimate of drug-likeness (QED) is 0.822. The molecule has 1 aromatic rings. The van der Waals surface area contributed by atoms with E-state index in [-0.39, 0.29) is 4.90 Å². The van der Waals surface area contributed by atoms with E-state index < -0.39 is 10.0 Å². The third-order valence-corrected chi connectivity index (χ3v) is 6.32. The van der Waals surface area contributed by atoms with Crippen LogP contribution in [0.1, 0.15) is 32.1 Å². The minimum atomic E-state index is -3.58. The minimum Gasteiger partial charge on any atom is -0.495 e. The largest absolute Gasteiger partial charge is 0.495 e. The zero-order chi connectivity index (χ0) is 15.5.